The summed E-state index contributed by atoms with van der Waals surface area (Å²) in [5.41, 5.74) is 2.94. The van der Waals surface area contributed by atoms with E-state index in [0.717, 1.165) is 23.2 Å². The predicted octanol–water partition coefficient (Wildman–Crippen LogP) is 3.45. The molecule has 1 aromatic carbocycles. The van der Waals surface area contributed by atoms with Crippen molar-refractivity contribution in [3.63, 3.8) is 0 Å². The van der Waals surface area contributed by atoms with Gasteiger partial charge in [-0.3, -0.25) is 0 Å². The molecule has 0 bridgehead atoms. The Hall–Kier alpha value is -1.16. The van der Waals surface area contributed by atoms with E-state index in [-0.39, 0.29) is 0 Å². The topological polar surface area (TPSA) is 21.3 Å². The lowest BCUT2D eigenvalue weighted by Gasteiger charge is -2.15. The van der Waals surface area contributed by atoms with E-state index in [1.54, 1.807) is 0 Å². The molecule has 0 saturated carbocycles. The smallest absolute Gasteiger partial charge is 0.272 e. The number of rotatable bonds is 6. The Bertz CT molecular complexity index is 368. The lowest BCUT2D eigenvalue weighted by atomic mass is 10.1. The van der Waals surface area contributed by atoms with Crippen LogP contribution in [0, 0.1) is 13.8 Å². The van der Waals surface area contributed by atoms with Crippen molar-refractivity contribution in [3.05, 3.63) is 28.8 Å². The maximum Gasteiger partial charge on any atom is 0.272 e. The molecule has 0 unspecified atom stereocenters. The summed E-state index contributed by atoms with van der Waals surface area (Å²) in [5.74, 6) is 0.573. The standard InChI is InChI=1S/C14H21F2NO/c1-9(2)17-7-12-5-10(3)14(11(4)6-12)18-8-13(15)16/h5-6,9,13,17H,7-8H2,1-4H3. The second kappa shape index (κ2) is 6.69. The number of ether oxygens (including phenoxy) is 1. The zero-order valence-electron chi connectivity index (χ0n) is 11.4. The van der Waals surface area contributed by atoms with Gasteiger partial charge in [0.1, 0.15) is 12.4 Å². The van der Waals surface area contributed by atoms with Gasteiger partial charge in [-0.15, -0.1) is 0 Å². The Balaban J connectivity index is 2.77. The number of aryl methyl sites for hydroxylation is 2. The average Bonchev–Trinajstić information content (AvgIpc) is 2.24. The summed E-state index contributed by atoms with van der Waals surface area (Å²) in [6.45, 7) is 8.15. The van der Waals surface area contributed by atoms with Gasteiger partial charge in [-0.2, -0.15) is 0 Å². The Morgan fingerprint density at radius 3 is 2.17 bits per heavy atom. The minimum atomic E-state index is -2.44. The Kier molecular flexibility index (Phi) is 5.54. The molecule has 1 rings (SSSR count). The molecule has 0 heterocycles. The van der Waals surface area contributed by atoms with Crippen LogP contribution in [0.15, 0.2) is 12.1 Å². The summed E-state index contributed by atoms with van der Waals surface area (Å²) in [6, 6.07) is 4.37. The van der Waals surface area contributed by atoms with Gasteiger partial charge in [0.15, 0.2) is 0 Å². The minimum absolute atomic E-state index is 0.417. The van der Waals surface area contributed by atoms with Crippen molar-refractivity contribution in [2.45, 2.75) is 46.7 Å². The molecular formula is C14H21F2NO. The number of benzene rings is 1. The first-order valence-electron chi connectivity index (χ1n) is 6.14. The first-order chi connectivity index (χ1) is 8.40. The van der Waals surface area contributed by atoms with Crippen molar-refractivity contribution in [1.82, 2.24) is 5.32 Å². The summed E-state index contributed by atoms with van der Waals surface area (Å²) in [7, 11) is 0. The van der Waals surface area contributed by atoms with E-state index in [1.165, 1.54) is 0 Å². The monoisotopic (exact) mass is 257 g/mol. The van der Waals surface area contributed by atoms with E-state index >= 15 is 0 Å². The van der Waals surface area contributed by atoms with E-state index in [0.29, 0.717) is 11.8 Å². The second-order valence-electron chi connectivity index (χ2n) is 4.80. The first kappa shape index (κ1) is 14.9. The van der Waals surface area contributed by atoms with E-state index in [9.17, 15) is 8.78 Å². The van der Waals surface area contributed by atoms with Crippen molar-refractivity contribution >= 4 is 0 Å². The fourth-order valence-electron chi connectivity index (χ4n) is 1.84. The average molecular weight is 257 g/mol. The first-order valence-corrected chi connectivity index (χ1v) is 6.14. The van der Waals surface area contributed by atoms with Crippen LogP contribution in [0.3, 0.4) is 0 Å². The highest BCUT2D eigenvalue weighted by atomic mass is 19.3. The number of hydrogen-bond donors (Lipinski definition) is 1. The largest absolute Gasteiger partial charge is 0.487 e. The Morgan fingerprint density at radius 2 is 1.72 bits per heavy atom. The van der Waals surface area contributed by atoms with Crippen LogP contribution in [0.5, 0.6) is 5.75 Å². The van der Waals surface area contributed by atoms with Gasteiger partial charge >= 0.3 is 0 Å². The second-order valence-corrected chi connectivity index (χ2v) is 4.80. The van der Waals surface area contributed by atoms with E-state index in [4.69, 9.17) is 4.74 Å². The molecule has 102 valence electrons. The summed E-state index contributed by atoms with van der Waals surface area (Å²) in [6.07, 6.45) is -2.44. The minimum Gasteiger partial charge on any atom is -0.487 e. The molecular weight excluding hydrogens is 236 g/mol. The quantitative estimate of drug-likeness (QED) is 0.842. The van der Waals surface area contributed by atoms with E-state index < -0.39 is 13.0 Å². The zero-order valence-corrected chi connectivity index (χ0v) is 11.4. The lowest BCUT2D eigenvalue weighted by Crippen LogP contribution is -2.22. The van der Waals surface area contributed by atoms with Crippen molar-refractivity contribution in [3.8, 4) is 5.75 Å². The molecule has 0 atom stereocenters. The molecule has 18 heavy (non-hydrogen) atoms. The third-order valence-corrected chi connectivity index (χ3v) is 2.59. The zero-order chi connectivity index (χ0) is 13.7. The van der Waals surface area contributed by atoms with E-state index in [2.05, 4.69) is 19.2 Å². The Morgan fingerprint density at radius 1 is 1.17 bits per heavy atom. The molecule has 0 aromatic heterocycles. The molecule has 0 fully saturated rings. The molecule has 0 aliphatic carbocycles. The van der Waals surface area contributed by atoms with Crippen LogP contribution >= 0.6 is 0 Å². The SMILES string of the molecule is Cc1cc(CNC(C)C)cc(C)c1OCC(F)F. The van der Waals surface area contributed by atoms with Gasteiger partial charge in [0, 0.05) is 12.6 Å². The van der Waals surface area contributed by atoms with E-state index in [1.807, 2.05) is 26.0 Å². The van der Waals surface area contributed by atoms with Crippen LogP contribution in [-0.4, -0.2) is 19.1 Å². The highest BCUT2D eigenvalue weighted by Crippen LogP contribution is 2.25. The lowest BCUT2D eigenvalue weighted by molar-refractivity contribution is 0.0812. The Labute approximate surface area is 107 Å². The normalized spacial score (nSPS) is 11.3. The maximum atomic E-state index is 12.1. The number of alkyl halides is 2. The highest BCUT2D eigenvalue weighted by Gasteiger charge is 2.10. The van der Waals surface area contributed by atoms with Crippen LogP contribution in [0.2, 0.25) is 0 Å². The summed E-state index contributed by atoms with van der Waals surface area (Å²) < 4.78 is 29.4. The van der Waals surface area contributed by atoms with Gasteiger partial charge in [0.2, 0.25) is 0 Å². The highest BCUT2D eigenvalue weighted by molar-refractivity contribution is 5.43. The molecule has 0 amide bonds. The predicted molar refractivity (Wildman–Crippen MR) is 69.4 cm³/mol. The molecule has 1 N–H and O–H groups in total. The van der Waals surface area contributed by atoms with Gasteiger partial charge < -0.3 is 10.1 Å². The summed E-state index contributed by atoms with van der Waals surface area (Å²) >= 11 is 0. The molecule has 0 aliphatic rings. The number of hydrogen-bond acceptors (Lipinski definition) is 2. The molecule has 1 aromatic rings. The fraction of sp³-hybridized carbons (Fsp3) is 0.571. The molecule has 0 saturated heterocycles. The summed E-state index contributed by atoms with van der Waals surface area (Å²) in [5, 5.41) is 3.33. The van der Waals surface area contributed by atoms with Crippen molar-refractivity contribution in [2.24, 2.45) is 0 Å². The van der Waals surface area contributed by atoms with Gasteiger partial charge in [0.25, 0.3) is 6.43 Å². The molecule has 0 aliphatic heterocycles. The third kappa shape index (κ3) is 4.61. The molecule has 0 radical (unpaired) electrons. The van der Waals surface area contributed by atoms with Crippen LogP contribution in [-0.2, 0) is 6.54 Å². The number of halogens is 2. The number of nitrogens with one attached hydrogen (secondary N) is 1. The van der Waals surface area contributed by atoms with Crippen LogP contribution in [0.1, 0.15) is 30.5 Å². The van der Waals surface area contributed by atoms with Gasteiger partial charge in [-0.1, -0.05) is 26.0 Å². The third-order valence-electron chi connectivity index (χ3n) is 2.59. The van der Waals surface area contributed by atoms with Crippen molar-refractivity contribution in [2.75, 3.05) is 6.61 Å². The van der Waals surface area contributed by atoms with Gasteiger partial charge in [-0.05, 0) is 30.5 Å². The van der Waals surface area contributed by atoms with Crippen LogP contribution < -0.4 is 10.1 Å². The van der Waals surface area contributed by atoms with Crippen LogP contribution in [0.25, 0.3) is 0 Å². The molecule has 4 heteroatoms. The van der Waals surface area contributed by atoms with Crippen LogP contribution in [0.4, 0.5) is 8.78 Å². The molecule has 0 spiro atoms. The fourth-order valence-corrected chi connectivity index (χ4v) is 1.84. The van der Waals surface area contributed by atoms with Crippen molar-refractivity contribution in [1.29, 1.82) is 0 Å². The summed E-state index contributed by atoms with van der Waals surface area (Å²) in [4.78, 5) is 0. The molecule has 2 nitrogen and oxygen atoms in total. The maximum absolute atomic E-state index is 12.1. The van der Waals surface area contributed by atoms with Crippen molar-refractivity contribution < 1.29 is 13.5 Å². The van der Waals surface area contributed by atoms with Gasteiger partial charge in [0.05, 0.1) is 0 Å². The van der Waals surface area contributed by atoms with Gasteiger partial charge in [-0.25, -0.2) is 8.78 Å².